The van der Waals surface area contributed by atoms with Gasteiger partial charge >= 0.3 is 0 Å². The number of hydrogen-bond acceptors (Lipinski definition) is 4. The van der Waals surface area contributed by atoms with E-state index < -0.39 is 0 Å². The van der Waals surface area contributed by atoms with E-state index in [-0.39, 0.29) is 11.3 Å². The minimum atomic E-state index is 0.120. The maximum Gasteiger partial charge on any atom is 0.129 e. The molecule has 0 radical (unpaired) electrons. The van der Waals surface area contributed by atoms with Gasteiger partial charge in [-0.2, -0.15) is 0 Å². The van der Waals surface area contributed by atoms with Gasteiger partial charge < -0.3 is 14.7 Å². The van der Waals surface area contributed by atoms with Crippen molar-refractivity contribution in [1.82, 2.24) is 0 Å². The monoisotopic (exact) mass is 338 g/mol. The summed E-state index contributed by atoms with van der Waals surface area (Å²) >= 11 is 0. The van der Waals surface area contributed by atoms with Crippen molar-refractivity contribution in [3.8, 4) is 11.5 Å². The number of hydrogen-bond donors (Lipinski definition) is 1. The standard InChI is InChI=1S/C21H26N2O2/c1-14-12-21(2,3)23(4)19-11-20(25-5)15(9-18(14)19)13-22-16-7-6-8-17(24)10-16/h6-11,13-14,24H,12H2,1-5H3. The number of methoxy groups -OCH3 is 1. The molecule has 0 amide bonds. The number of nitrogens with zero attached hydrogens (tertiary/aromatic N) is 2. The van der Waals surface area contributed by atoms with Gasteiger partial charge in [-0.05, 0) is 49.9 Å². The Bertz CT molecular complexity index is 812. The lowest BCUT2D eigenvalue weighted by Gasteiger charge is -2.45. The molecular weight excluding hydrogens is 312 g/mol. The van der Waals surface area contributed by atoms with E-state index in [0.717, 1.165) is 17.7 Å². The first-order valence-electron chi connectivity index (χ1n) is 8.60. The van der Waals surface area contributed by atoms with Gasteiger partial charge in [-0.25, -0.2) is 0 Å². The average molecular weight is 338 g/mol. The highest BCUT2D eigenvalue weighted by Crippen LogP contribution is 2.44. The van der Waals surface area contributed by atoms with Gasteiger partial charge in [0.05, 0.1) is 12.8 Å². The fourth-order valence-corrected chi connectivity index (χ4v) is 3.61. The topological polar surface area (TPSA) is 45.1 Å². The first kappa shape index (κ1) is 17.3. The smallest absolute Gasteiger partial charge is 0.129 e. The van der Waals surface area contributed by atoms with Gasteiger partial charge in [0, 0.05) is 42.2 Å². The second kappa shape index (κ2) is 6.43. The van der Waals surface area contributed by atoms with Crippen molar-refractivity contribution in [2.45, 2.75) is 38.6 Å². The molecule has 0 spiro atoms. The molecule has 4 heteroatoms. The number of aliphatic imine (C=N–C) groups is 1. The van der Waals surface area contributed by atoms with Crippen molar-refractivity contribution in [2.24, 2.45) is 4.99 Å². The highest BCUT2D eigenvalue weighted by atomic mass is 16.5. The quantitative estimate of drug-likeness (QED) is 0.812. The van der Waals surface area contributed by atoms with Crippen LogP contribution in [0.5, 0.6) is 11.5 Å². The predicted molar refractivity (Wildman–Crippen MR) is 104 cm³/mol. The summed E-state index contributed by atoms with van der Waals surface area (Å²) in [4.78, 5) is 6.82. The molecule has 1 atom stereocenters. The van der Waals surface area contributed by atoms with Crippen molar-refractivity contribution in [1.29, 1.82) is 0 Å². The molecule has 1 N–H and O–H groups in total. The lowest BCUT2D eigenvalue weighted by atomic mass is 9.80. The number of anilines is 1. The molecule has 1 aliphatic rings. The van der Waals surface area contributed by atoms with E-state index in [1.807, 2.05) is 6.07 Å². The molecular formula is C21H26N2O2. The minimum Gasteiger partial charge on any atom is -0.508 e. The van der Waals surface area contributed by atoms with Crippen LogP contribution in [0.3, 0.4) is 0 Å². The highest BCUT2D eigenvalue weighted by molar-refractivity contribution is 5.87. The normalized spacial score (nSPS) is 19.1. The summed E-state index contributed by atoms with van der Waals surface area (Å²) < 4.78 is 5.61. The van der Waals surface area contributed by atoms with E-state index in [9.17, 15) is 5.11 Å². The average Bonchev–Trinajstić information content (AvgIpc) is 2.57. The Morgan fingerprint density at radius 1 is 1.28 bits per heavy atom. The number of benzene rings is 2. The molecule has 1 heterocycles. The van der Waals surface area contributed by atoms with Crippen LogP contribution in [0.25, 0.3) is 0 Å². The summed E-state index contributed by atoms with van der Waals surface area (Å²) in [6.45, 7) is 6.82. The van der Waals surface area contributed by atoms with Crippen molar-refractivity contribution in [2.75, 3.05) is 19.1 Å². The zero-order valence-electron chi connectivity index (χ0n) is 15.6. The zero-order valence-corrected chi connectivity index (χ0v) is 15.6. The van der Waals surface area contributed by atoms with Crippen molar-refractivity contribution >= 4 is 17.6 Å². The predicted octanol–water partition coefficient (Wildman–Crippen LogP) is 4.87. The molecule has 1 aliphatic heterocycles. The molecule has 3 rings (SSSR count). The molecule has 2 aromatic carbocycles. The van der Waals surface area contributed by atoms with Crippen molar-refractivity contribution in [3.05, 3.63) is 47.5 Å². The van der Waals surface area contributed by atoms with Crippen LogP contribution in [0, 0.1) is 0 Å². The Labute approximate surface area is 149 Å². The summed E-state index contributed by atoms with van der Waals surface area (Å²) in [7, 11) is 3.83. The van der Waals surface area contributed by atoms with Crippen LogP contribution in [-0.2, 0) is 0 Å². The van der Waals surface area contributed by atoms with E-state index in [1.165, 1.54) is 11.3 Å². The van der Waals surface area contributed by atoms with Gasteiger partial charge in [-0.3, -0.25) is 4.99 Å². The lowest BCUT2D eigenvalue weighted by Crippen LogP contribution is -2.45. The first-order valence-corrected chi connectivity index (χ1v) is 8.60. The molecule has 25 heavy (non-hydrogen) atoms. The van der Waals surface area contributed by atoms with Crippen LogP contribution < -0.4 is 9.64 Å². The maximum atomic E-state index is 9.58. The molecule has 0 saturated carbocycles. The van der Waals surface area contributed by atoms with Crippen LogP contribution in [0.15, 0.2) is 41.4 Å². The van der Waals surface area contributed by atoms with Crippen LogP contribution in [0.2, 0.25) is 0 Å². The molecule has 1 unspecified atom stereocenters. The summed E-state index contributed by atoms with van der Waals surface area (Å²) in [5.41, 5.74) is 4.32. The number of phenolic OH excluding ortho intramolecular Hbond substituents is 1. The Hall–Kier alpha value is -2.49. The van der Waals surface area contributed by atoms with Crippen LogP contribution >= 0.6 is 0 Å². The van der Waals surface area contributed by atoms with Gasteiger partial charge in [-0.1, -0.05) is 13.0 Å². The van der Waals surface area contributed by atoms with Gasteiger partial charge in [0.25, 0.3) is 0 Å². The van der Waals surface area contributed by atoms with E-state index in [4.69, 9.17) is 4.74 Å². The van der Waals surface area contributed by atoms with E-state index in [2.05, 4.69) is 49.8 Å². The molecule has 0 saturated heterocycles. The Balaban J connectivity index is 2.03. The molecule has 0 bridgehead atoms. The Kier molecular flexibility index (Phi) is 4.46. The van der Waals surface area contributed by atoms with Crippen LogP contribution in [-0.4, -0.2) is 31.0 Å². The number of ether oxygens (including phenoxy) is 1. The third-order valence-electron chi connectivity index (χ3n) is 5.17. The van der Waals surface area contributed by atoms with E-state index >= 15 is 0 Å². The molecule has 0 aliphatic carbocycles. The molecule has 4 nitrogen and oxygen atoms in total. The van der Waals surface area contributed by atoms with Crippen molar-refractivity contribution < 1.29 is 9.84 Å². The highest BCUT2D eigenvalue weighted by Gasteiger charge is 2.34. The third-order valence-corrected chi connectivity index (χ3v) is 5.17. The molecule has 132 valence electrons. The number of phenols is 1. The summed E-state index contributed by atoms with van der Waals surface area (Å²) in [5, 5.41) is 9.58. The third kappa shape index (κ3) is 3.34. The van der Waals surface area contributed by atoms with Gasteiger partial charge in [0.15, 0.2) is 0 Å². The second-order valence-corrected chi connectivity index (χ2v) is 7.41. The fraction of sp³-hybridized carbons (Fsp3) is 0.381. The van der Waals surface area contributed by atoms with Gasteiger partial charge in [0.2, 0.25) is 0 Å². The van der Waals surface area contributed by atoms with Gasteiger partial charge in [0.1, 0.15) is 11.5 Å². The second-order valence-electron chi connectivity index (χ2n) is 7.41. The first-order chi connectivity index (χ1) is 11.8. The number of aromatic hydroxyl groups is 1. The number of rotatable bonds is 3. The Morgan fingerprint density at radius 2 is 2.04 bits per heavy atom. The van der Waals surface area contributed by atoms with Crippen molar-refractivity contribution in [3.63, 3.8) is 0 Å². The molecule has 0 aromatic heterocycles. The maximum absolute atomic E-state index is 9.58. The van der Waals surface area contributed by atoms with Gasteiger partial charge in [-0.15, -0.1) is 0 Å². The summed E-state index contributed by atoms with van der Waals surface area (Å²) in [6.07, 6.45) is 2.91. The van der Waals surface area contributed by atoms with E-state index in [1.54, 1.807) is 31.5 Å². The number of fused-ring (bicyclic) bond motifs is 1. The minimum absolute atomic E-state index is 0.120. The van der Waals surface area contributed by atoms with E-state index in [0.29, 0.717) is 11.6 Å². The Morgan fingerprint density at radius 3 is 2.72 bits per heavy atom. The largest absolute Gasteiger partial charge is 0.508 e. The molecule has 0 fully saturated rings. The fourth-order valence-electron chi connectivity index (χ4n) is 3.61. The molecule has 2 aromatic rings. The lowest BCUT2D eigenvalue weighted by molar-refractivity contribution is 0.389. The SMILES string of the molecule is COc1cc2c(cc1C=Nc1cccc(O)c1)C(C)CC(C)(C)N2C. The zero-order chi connectivity index (χ0) is 18.2. The van der Waals surface area contributed by atoms with Crippen LogP contribution in [0.1, 0.15) is 44.2 Å². The van der Waals surface area contributed by atoms with Crippen LogP contribution in [0.4, 0.5) is 11.4 Å². The summed E-state index contributed by atoms with van der Waals surface area (Å²) in [5.74, 6) is 1.49. The summed E-state index contributed by atoms with van der Waals surface area (Å²) in [6, 6.07) is 11.2.